The molecule has 0 saturated carbocycles. The standard InChI is InChI=1S/C18H14ClN3O3S2/c19-11-7-13(20-9-11)18(24)25-10-17(23)22-14(16-4-2-6-27-16)8-12(21-22)15-3-1-5-26-15/h1-7,9,14,20H,8,10H2. The van der Waals surface area contributed by atoms with Crippen molar-refractivity contribution in [3.63, 3.8) is 0 Å². The summed E-state index contributed by atoms with van der Waals surface area (Å²) in [6.07, 6.45) is 2.11. The summed E-state index contributed by atoms with van der Waals surface area (Å²) in [6, 6.07) is 9.13. The van der Waals surface area contributed by atoms with Gasteiger partial charge in [-0.15, -0.1) is 22.7 Å². The van der Waals surface area contributed by atoms with Gasteiger partial charge in [0.15, 0.2) is 6.61 Å². The lowest BCUT2D eigenvalue weighted by atomic mass is 10.1. The van der Waals surface area contributed by atoms with Gasteiger partial charge in [0.05, 0.1) is 21.7 Å². The maximum absolute atomic E-state index is 12.7. The summed E-state index contributed by atoms with van der Waals surface area (Å²) in [6.45, 7) is -0.390. The van der Waals surface area contributed by atoms with Crippen molar-refractivity contribution in [2.24, 2.45) is 5.10 Å². The Labute approximate surface area is 168 Å². The Morgan fingerprint density at radius 1 is 1.30 bits per heavy atom. The summed E-state index contributed by atoms with van der Waals surface area (Å²) < 4.78 is 5.12. The van der Waals surface area contributed by atoms with E-state index in [4.69, 9.17) is 16.3 Å². The lowest BCUT2D eigenvalue weighted by molar-refractivity contribution is -0.136. The van der Waals surface area contributed by atoms with E-state index in [0.29, 0.717) is 11.4 Å². The fourth-order valence-electron chi connectivity index (χ4n) is 2.79. The van der Waals surface area contributed by atoms with Crippen LogP contribution in [-0.2, 0) is 9.53 Å². The average Bonchev–Trinajstić information content (AvgIpc) is 3.45. The number of aromatic amines is 1. The molecule has 0 radical (unpaired) electrons. The predicted molar refractivity (Wildman–Crippen MR) is 105 cm³/mol. The number of nitrogens with zero attached hydrogens (tertiary/aromatic N) is 2. The SMILES string of the molecule is O=C(OCC(=O)N1N=C(c2cccs2)CC1c1cccs1)c1cc(Cl)c[nH]1. The van der Waals surface area contributed by atoms with E-state index in [-0.39, 0.29) is 17.6 Å². The summed E-state index contributed by atoms with van der Waals surface area (Å²) in [5.74, 6) is -1.00. The van der Waals surface area contributed by atoms with E-state index in [1.54, 1.807) is 22.7 Å². The maximum Gasteiger partial charge on any atom is 0.355 e. The fourth-order valence-corrected chi connectivity index (χ4v) is 4.49. The summed E-state index contributed by atoms with van der Waals surface area (Å²) in [7, 11) is 0. The molecule has 0 fully saturated rings. The van der Waals surface area contributed by atoms with E-state index in [0.717, 1.165) is 15.5 Å². The minimum Gasteiger partial charge on any atom is -0.451 e. The Hall–Kier alpha value is -2.42. The van der Waals surface area contributed by atoms with E-state index in [1.165, 1.54) is 17.3 Å². The molecule has 138 valence electrons. The van der Waals surface area contributed by atoms with Crippen molar-refractivity contribution in [1.82, 2.24) is 9.99 Å². The average molecular weight is 420 g/mol. The Balaban J connectivity index is 1.49. The van der Waals surface area contributed by atoms with Gasteiger partial charge in [-0.05, 0) is 29.0 Å². The molecule has 3 aromatic rings. The molecule has 0 spiro atoms. The van der Waals surface area contributed by atoms with Crippen molar-refractivity contribution in [3.8, 4) is 0 Å². The molecule has 4 rings (SSSR count). The number of nitrogens with one attached hydrogen (secondary N) is 1. The number of H-pyrrole nitrogens is 1. The van der Waals surface area contributed by atoms with Gasteiger partial charge < -0.3 is 9.72 Å². The first-order chi connectivity index (χ1) is 13.1. The normalized spacial score (nSPS) is 16.4. The Morgan fingerprint density at radius 2 is 2.11 bits per heavy atom. The van der Waals surface area contributed by atoms with E-state index in [2.05, 4.69) is 10.1 Å². The van der Waals surface area contributed by atoms with Crippen LogP contribution in [0.15, 0.2) is 52.4 Å². The smallest absolute Gasteiger partial charge is 0.355 e. The van der Waals surface area contributed by atoms with Crippen LogP contribution in [0.1, 0.15) is 32.7 Å². The third kappa shape index (κ3) is 3.83. The van der Waals surface area contributed by atoms with Crippen molar-refractivity contribution in [2.75, 3.05) is 6.61 Å². The molecular weight excluding hydrogens is 406 g/mol. The van der Waals surface area contributed by atoms with Crippen molar-refractivity contribution in [3.05, 3.63) is 67.8 Å². The lowest BCUT2D eigenvalue weighted by Gasteiger charge is -2.20. The number of esters is 1. The van der Waals surface area contributed by atoms with Crippen molar-refractivity contribution >= 4 is 51.9 Å². The van der Waals surface area contributed by atoms with Gasteiger partial charge in [0.25, 0.3) is 5.91 Å². The third-order valence-electron chi connectivity index (χ3n) is 4.04. The molecule has 1 aliphatic rings. The summed E-state index contributed by atoms with van der Waals surface area (Å²) in [5.41, 5.74) is 1.06. The molecule has 27 heavy (non-hydrogen) atoms. The van der Waals surface area contributed by atoms with Gasteiger partial charge in [-0.25, -0.2) is 9.80 Å². The summed E-state index contributed by atoms with van der Waals surface area (Å²) >= 11 is 8.94. The Morgan fingerprint density at radius 3 is 2.78 bits per heavy atom. The van der Waals surface area contributed by atoms with Crippen LogP contribution in [0.4, 0.5) is 0 Å². The van der Waals surface area contributed by atoms with Crippen LogP contribution in [0.5, 0.6) is 0 Å². The van der Waals surface area contributed by atoms with Gasteiger partial charge in [-0.3, -0.25) is 4.79 Å². The minimum absolute atomic E-state index is 0.187. The van der Waals surface area contributed by atoms with Crippen molar-refractivity contribution in [1.29, 1.82) is 0 Å². The number of rotatable bonds is 5. The van der Waals surface area contributed by atoms with Gasteiger partial charge in [-0.1, -0.05) is 23.7 Å². The largest absolute Gasteiger partial charge is 0.451 e. The number of hydrazone groups is 1. The Kier molecular flexibility index (Phi) is 5.11. The maximum atomic E-state index is 12.7. The second-order valence-electron chi connectivity index (χ2n) is 5.81. The second kappa shape index (κ2) is 7.67. The Bertz CT molecular complexity index is 980. The zero-order chi connectivity index (χ0) is 18.8. The molecule has 1 atom stereocenters. The highest BCUT2D eigenvalue weighted by molar-refractivity contribution is 7.12. The number of carbonyl (C=O) groups excluding carboxylic acids is 2. The minimum atomic E-state index is -0.635. The number of carbonyl (C=O) groups is 2. The molecule has 1 amide bonds. The first kappa shape index (κ1) is 18.0. The molecule has 0 aromatic carbocycles. The molecule has 1 unspecified atom stereocenters. The summed E-state index contributed by atoms with van der Waals surface area (Å²) in [4.78, 5) is 29.5. The number of hydrogen-bond acceptors (Lipinski definition) is 6. The second-order valence-corrected chi connectivity index (χ2v) is 8.17. The van der Waals surface area contributed by atoms with Crippen LogP contribution < -0.4 is 0 Å². The molecule has 4 heterocycles. The number of thiophene rings is 2. The highest BCUT2D eigenvalue weighted by atomic mass is 35.5. The van der Waals surface area contributed by atoms with Crippen molar-refractivity contribution < 1.29 is 14.3 Å². The molecule has 0 bridgehead atoms. The van der Waals surface area contributed by atoms with E-state index in [9.17, 15) is 9.59 Å². The van der Waals surface area contributed by atoms with Crippen LogP contribution >= 0.6 is 34.3 Å². The number of ether oxygens (including phenoxy) is 1. The molecular formula is C18H14ClN3O3S2. The van der Waals surface area contributed by atoms with Crippen LogP contribution in [0.2, 0.25) is 5.02 Å². The topological polar surface area (TPSA) is 74.8 Å². The molecule has 1 aliphatic heterocycles. The van der Waals surface area contributed by atoms with Gasteiger partial charge in [-0.2, -0.15) is 5.10 Å². The van der Waals surface area contributed by atoms with Gasteiger partial charge in [0, 0.05) is 17.5 Å². The molecule has 0 aliphatic carbocycles. The highest BCUT2D eigenvalue weighted by Gasteiger charge is 2.34. The highest BCUT2D eigenvalue weighted by Crippen LogP contribution is 2.35. The van der Waals surface area contributed by atoms with Crippen LogP contribution in [0, 0.1) is 0 Å². The molecule has 1 N–H and O–H groups in total. The number of aromatic nitrogens is 1. The van der Waals surface area contributed by atoms with Crippen LogP contribution in [0.25, 0.3) is 0 Å². The van der Waals surface area contributed by atoms with Gasteiger partial charge >= 0.3 is 5.97 Å². The summed E-state index contributed by atoms with van der Waals surface area (Å²) in [5, 5.41) is 10.3. The van der Waals surface area contributed by atoms with Gasteiger partial charge in [0.1, 0.15) is 5.69 Å². The predicted octanol–water partition coefficient (Wildman–Crippen LogP) is 4.33. The van der Waals surface area contributed by atoms with E-state index in [1.807, 2.05) is 35.0 Å². The van der Waals surface area contributed by atoms with Crippen LogP contribution in [0.3, 0.4) is 0 Å². The first-order valence-electron chi connectivity index (χ1n) is 8.09. The molecule has 9 heteroatoms. The lowest BCUT2D eigenvalue weighted by Crippen LogP contribution is -2.31. The van der Waals surface area contributed by atoms with Crippen LogP contribution in [-0.4, -0.2) is 34.2 Å². The third-order valence-corrected chi connectivity index (χ3v) is 6.15. The van der Waals surface area contributed by atoms with E-state index < -0.39 is 12.6 Å². The monoisotopic (exact) mass is 419 g/mol. The molecule has 0 saturated heterocycles. The van der Waals surface area contributed by atoms with Crippen molar-refractivity contribution in [2.45, 2.75) is 12.5 Å². The number of amides is 1. The fraction of sp³-hybridized carbons (Fsp3) is 0.167. The number of hydrogen-bond donors (Lipinski definition) is 1. The first-order valence-corrected chi connectivity index (χ1v) is 10.2. The zero-order valence-electron chi connectivity index (χ0n) is 13.9. The zero-order valence-corrected chi connectivity index (χ0v) is 16.3. The molecule has 3 aromatic heterocycles. The molecule has 6 nitrogen and oxygen atoms in total. The van der Waals surface area contributed by atoms with Gasteiger partial charge in [0.2, 0.25) is 0 Å². The van der Waals surface area contributed by atoms with E-state index >= 15 is 0 Å². The quantitative estimate of drug-likeness (QED) is 0.625. The number of halogens is 1.